The summed E-state index contributed by atoms with van der Waals surface area (Å²) >= 11 is 0. The number of ether oxygens (including phenoxy) is 4. The van der Waals surface area contributed by atoms with Crippen LogP contribution in [0, 0.1) is 59.2 Å². The van der Waals surface area contributed by atoms with Gasteiger partial charge in [-0.2, -0.15) is 0 Å². The second kappa shape index (κ2) is 46.9. The zero-order valence-electron chi connectivity index (χ0n) is 52.4. The molecule has 0 amide bonds. The van der Waals surface area contributed by atoms with E-state index in [1.807, 2.05) is 21.6 Å². The molecule has 0 aromatic rings. The lowest BCUT2D eigenvalue weighted by Crippen LogP contribution is -2.36. The number of hydrogen-bond acceptors (Lipinski definition) is 12. The van der Waals surface area contributed by atoms with Crippen LogP contribution in [0.1, 0.15) is 262 Å². The standard InChI is InChI=1S/C66H124N2O8S2/c1-53(2)19-11-21-55(5)23-13-25-57(7)27-15-29-59(9)51-75-65(71)33-17-31-63(69)73-47-39-61-35-41-67(42-36-61)45-49-77-78-50-46-68-43-37-62(38-44-68)40-48-74-64(70)32-18-34-66(72)76-52-60(10)30-16-28-58(8)26-14-24-56(6)22-12-20-54(3)4/h53-62H,11-52H2,1-10H3. The molecule has 12 heteroatoms. The van der Waals surface area contributed by atoms with Gasteiger partial charge in [-0.25, -0.2) is 0 Å². The van der Waals surface area contributed by atoms with Crippen molar-refractivity contribution >= 4 is 45.5 Å². The molecule has 2 aliphatic rings. The molecule has 0 bridgehead atoms. The third-order valence-corrected chi connectivity index (χ3v) is 19.5. The second-order valence-electron chi connectivity index (χ2n) is 26.3. The Balaban J connectivity index is 1.35. The van der Waals surface area contributed by atoms with E-state index >= 15 is 0 Å². The molecular formula is C66H124N2O8S2. The summed E-state index contributed by atoms with van der Waals surface area (Å²) in [6, 6.07) is 0. The van der Waals surface area contributed by atoms with Crippen LogP contribution in [0.5, 0.6) is 0 Å². The van der Waals surface area contributed by atoms with Crippen molar-refractivity contribution in [3.63, 3.8) is 0 Å². The molecule has 0 saturated carbocycles. The van der Waals surface area contributed by atoms with E-state index in [2.05, 4.69) is 79.0 Å². The lowest BCUT2D eigenvalue weighted by molar-refractivity contribution is -0.148. The highest BCUT2D eigenvalue weighted by atomic mass is 33.1. The molecule has 0 aromatic heterocycles. The Morgan fingerprint density at radius 3 is 0.936 bits per heavy atom. The van der Waals surface area contributed by atoms with E-state index in [4.69, 9.17) is 18.9 Å². The van der Waals surface area contributed by atoms with Gasteiger partial charge in [0.15, 0.2) is 0 Å². The molecule has 0 N–H and O–H groups in total. The van der Waals surface area contributed by atoms with E-state index in [9.17, 15) is 19.2 Å². The highest BCUT2D eigenvalue weighted by Gasteiger charge is 2.22. The molecule has 0 aromatic carbocycles. The van der Waals surface area contributed by atoms with E-state index in [0.717, 1.165) is 138 Å². The van der Waals surface area contributed by atoms with E-state index in [0.29, 0.717) is 62.9 Å². The molecule has 6 unspecified atom stereocenters. The number of esters is 4. The van der Waals surface area contributed by atoms with Crippen LogP contribution in [-0.2, 0) is 38.1 Å². The smallest absolute Gasteiger partial charge is 0.305 e. The molecule has 6 atom stereocenters. The minimum Gasteiger partial charge on any atom is -0.466 e. The van der Waals surface area contributed by atoms with Crippen LogP contribution in [0.15, 0.2) is 0 Å². The number of likely N-dealkylation sites (tertiary alicyclic amines) is 2. The Hall–Kier alpha value is -1.50. The summed E-state index contributed by atoms with van der Waals surface area (Å²) in [7, 11) is 3.98. The third kappa shape index (κ3) is 42.3. The first-order valence-corrected chi connectivity index (χ1v) is 35.3. The molecule has 2 saturated heterocycles. The largest absolute Gasteiger partial charge is 0.466 e. The van der Waals surface area contributed by atoms with Gasteiger partial charge in [0.2, 0.25) is 0 Å². The van der Waals surface area contributed by atoms with Crippen molar-refractivity contribution in [1.82, 2.24) is 9.80 Å². The topological polar surface area (TPSA) is 112 Å². The molecule has 0 aliphatic carbocycles. The van der Waals surface area contributed by atoms with Gasteiger partial charge in [0.05, 0.1) is 26.4 Å². The fourth-order valence-electron chi connectivity index (χ4n) is 11.4. The fraction of sp³-hybridized carbons (Fsp3) is 0.939. The SMILES string of the molecule is CC(C)CCCC(C)CCCC(C)CCCC(C)COC(=O)CCCC(=O)OCCC1CCN(CCSSCCN2CCC(CCOC(=O)CCCC(=O)OCC(C)CCCC(C)CCCC(C)CCCC(C)C)CC2)CC1. The van der Waals surface area contributed by atoms with Gasteiger partial charge >= 0.3 is 23.9 Å². The highest BCUT2D eigenvalue weighted by molar-refractivity contribution is 8.76. The average Bonchev–Trinajstić information content (AvgIpc) is 3.39. The molecule has 458 valence electrons. The summed E-state index contributed by atoms with van der Waals surface area (Å²) < 4.78 is 22.2. The van der Waals surface area contributed by atoms with E-state index in [1.165, 1.54) is 103 Å². The number of piperidine rings is 2. The lowest BCUT2D eigenvalue weighted by Gasteiger charge is -2.32. The van der Waals surface area contributed by atoms with Crippen molar-refractivity contribution in [3.8, 4) is 0 Å². The van der Waals surface area contributed by atoms with Crippen molar-refractivity contribution in [2.24, 2.45) is 59.2 Å². The number of nitrogens with zero attached hydrogens (tertiary/aromatic N) is 2. The fourth-order valence-corrected chi connectivity index (χ4v) is 13.4. The van der Waals surface area contributed by atoms with Crippen LogP contribution in [0.4, 0.5) is 0 Å². The maximum atomic E-state index is 12.4. The zero-order chi connectivity index (χ0) is 57.2. The van der Waals surface area contributed by atoms with Crippen LogP contribution in [0.2, 0.25) is 0 Å². The van der Waals surface area contributed by atoms with Gasteiger partial charge in [0, 0.05) is 50.3 Å². The summed E-state index contributed by atoms with van der Waals surface area (Å²) in [5, 5.41) is 0. The van der Waals surface area contributed by atoms with Crippen LogP contribution in [0.25, 0.3) is 0 Å². The predicted octanol–water partition coefficient (Wildman–Crippen LogP) is 17.2. The van der Waals surface area contributed by atoms with Crippen molar-refractivity contribution < 1.29 is 38.1 Å². The van der Waals surface area contributed by atoms with Crippen molar-refractivity contribution in [2.75, 3.05) is 77.2 Å². The molecule has 2 heterocycles. The van der Waals surface area contributed by atoms with Crippen LogP contribution < -0.4 is 0 Å². The minimum atomic E-state index is -0.203. The van der Waals surface area contributed by atoms with Crippen molar-refractivity contribution in [2.45, 2.75) is 262 Å². The van der Waals surface area contributed by atoms with Gasteiger partial charge in [-0.05, 0) is 150 Å². The normalized spacial score (nSPS) is 17.4. The van der Waals surface area contributed by atoms with Gasteiger partial charge in [0.1, 0.15) is 0 Å². The highest BCUT2D eigenvalue weighted by Crippen LogP contribution is 2.28. The second-order valence-corrected chi connectivity index (χ2v) is 29.0. The summed E-state index contributed by atoms with van der Waals surface area (Å²) in [4.78, 5) is 54.6. The molecule has 2 aliphatic heterocycles. The first kappa shape index (κ1) is 72.6. The molecule has 0 spiro atoms. The first-order valence-electron chi connectivity index (χ1n) is 32.8. The van der Waals surface area contributed by atoms with Gasteiger partial charge in [-0.3, -0.25) is 19.2 Å². The third-order valence-electron chi connectivity index (χ3n) is 17.2. The van der Waals surface area contributed by atoms with E-state index < -0.39 is 0 Å². The Bertz CT molecular complexity index is 1380. The Labute approximate surface area is 489 Å². The van der Waals surface area contributed by atoms with Crippen LogP contribution >= 0.6 is 21.6 Å². The Morgan fingerprint density at radius 2 is 0.641 bits per heavy atom. The van der Waals surface area contributed by atoms with Gasteiger partial charge < -0.3 is 28.7 Å². The number of carbonyl (C=O) groups excluding carboxylic acids is 4. The van der Waals surface area contributed by atoms with Gasteiger partial charge in [-0.15, -0.1) is 0 Å². The molecule has 2 rings (SSSR count). The summed E-state index contributed by atoms with van der Waals surface area (Å²) in [5.41, 5.74) is 0. The molecule has 2 fully saturated rings. The number of carbonyl (C=O) groups is 4. The Morgan fingerprint density at radius 1 is 0.372 bits per heavy atom. The lowest BCUT2D eigenvalue weighted by atomic mass is 9.91. The molecular weight excluding hydrogens is 1010 g/mol. The van der Waals surface area contributed by atoms with Crippen LogP contribution in [0.3, 0.4) is 0 Å². The van der Waals surface area contributed by atoms with E-state index in [-0.39, 0.29) is 49.6 Å². The zero-order valence-corrected chi connectivity index (χ0v) is 54.1. The number of rotatable bonds is 49. The minimum absolute atomic E-state index is 0.203. The summed E-state index contributed by atoms with van der Waals surface area (Å²) in [6.07, 6.45) is 31.8. The van der Waals surface area contributed by atoms with Crippen molar-refractivity contribution in [3.05, 3.63) is 0 Å². The predicted molar refractivity (Wildman–Crippen MR) is 332 cm³/mol. The summed E-state index contributed by atoms with van der Waals surface area (Å²) in [6.45, 7) is 31.8. The maximum Gasteiger partial charge on any atom is 0.305 e. The van der Waals surface area contributed by atoms with Crippen LogP contribution in [-0.4, -0.2) is 111 Å². The van der Waals surface area contributed by atoms with Gasteiger partial charge in [-0.1, -0.05) is 194 Å². The van der Waals surface area contributed by atoms with Crippen molar-refractivity contribution in [1.29, 1.82) is 0 Å². The average molecular weight is 1140 g/mol. The van der Waals surface area contributed by atoms with E-state index in [1.54, 1.807) is 0 Å². The Kier molecular flexibility index (Phi) is 43.7. The number of hydrogen-bond donors (Lipinski definition) is 0. The molecule has 10 nitrogen and oxygen atoms in total. The molecule has 78 heavy (non-hydrogen) atoms. The monoisotopic (exact) mass is 1140 g/mol. The summed E-state index contributed by atoms with van der Waals surface area (Å²) in [5.74, 6) is 8.25. The quantitative estimate of drug-likeness (QED) is 0.0250. The molecule has 0 radical (unpaired) electrons. The maximum absolute atomic E-state index is 12.4. The first-order chi connectivity index (χ1) is 37.5. The van der Waals surface area contributed by atoms with Gasteiger partial charge in [0.25, 0.3) is 0 Å².